The van der Waals surface area contributed by atoms with Crippen LogP contribution in [0.2, 0.25) is 0 Å². The molecule has 2 heterocycles. The van der Waals surface area contributed by atoms with Gasteiger partial charge in [-0.3, -0.25) is 9.69 Å². The SMILES string of the molecule is CC(C(=O)NC1C2CC3CC1CC(O)(C3)C2)N1CCN(c2ccccn2)CC1. The normalized spacial score (nSPS) is 38.4. The topological polar surface area (TPSA) is 68.7 Å². The zero-order chi connectivity index (χ0) is 19.3. The van der Waals surface area contributed by atoms with Crippen molar-refractivity contribution in [2.45, 2.75) is 56.7 Å². The van der Waals surface area contributed by atoms with Crippen molar-refractivity contribution in [3.8, 4) is 0 Å². The molecule has 28 heavy (non-hydrogen) atoms. The van der Waals surface area contributed by atoms with Gasteiger partial charge in [0.1, 0.15) is 5.82 Å². The lowest BCUT2D eigenvalue weighted by Crippen LogP contribution is -2.63. The highest BCUT2D eigenvalue weighted by molar-refractivity contribution is 5.81. The molecule has 1 aromatic rings. The molecular weight excluding hydrogens is 352 g/mol. The maximum atomic E-state index is 13.0. The molecule has 4 aliphatic carbocycles. The highest BCUT2D eigenvalue weighted by Crippen LogP contribution is 2.55. The third-order valence-electron chi connectivity index (χ3n) is 7.76. The molecule has 4 saturated carbocycles. The summed E-state index contributed by atoms with van der Waals surface area (Å²) in [6.07, 6.45) is 6.93. The monoisotopic (exact) mass is 384 g/mol. The predicted octanol–water partition coefficient (Wildman–Crippen LogP) is 1.65. The van der Waals surface area contributed by atoms with Gasteiger partial charge >= 0.3 is 0 Å². The van der Waals surface area contributed by atoms with E-state index in [1.807, 2.05) is 31.3 Å². The molecule has 0 aromatic carbocycles. The van der Waals surface area contributed by atoms with Crippen LogP contribution in [0.4, 0.5) is 5.82 Å². The van der Waals surface area contributed by atoms with Gasteiger partial charge < -0.3 is 15.3 Å². The van der Waals surface area contributed by atoms with Crippen LogP contribution in [0.15, 0.2) is 24.4 Å². The lowest BCUT2D eigenvalue weighted by molar-refractivity contribution is -0.148. The lowest BCUT2D eigenvalue weighted by Gasteiger charge is -2.58. The number of nitrogens with one attached hydrogen (secondary N) is 1. The summed E-state index contributed by atoms with van der Waals surface area (Å²) in [4.78, 5) is 22.0. The van der Waals surface area contributed by atoms with Crippen LogP contribution in [0, 0.1) is 17.8 Å². The molecule has 4 bridgehead atoms. The summed E-state index contributed by atoms with van der Waals surface area (Å²) in [5.74, 6) is 2.79. The molecule has 1 saturated heterocycles. The summed E-state index contributed by atoms with van der Waals surface area (Å²) in [5.41, 5.74) is -0.439. The van der Waals surface area contributed by atoms with Crippen molar-refractivity contribution in [2.24, 2.45) is 17.8 Å². The summed E-state index contributed by atoms with van der Waals surface area (Å²) in [6, 6.07) is 6.17. The Balaban J connectivity index is 1.17. The average molecular weight is 385 g/mol. The van der Waals surface area contributed by atoms with Gasteiger partial charge in [-0.15, -0.1) is 0 Å². The lowest BCUT2D eigenvalue weighted by atomic mass is 9.52. The Morgan fingerprint density at radius 3 is 2.50 bits per heavy atom. The van der Waals surface area contributed by atoms with Crippen molar-refractivity contribution >= 4 is 11.7 Å². The Labute approximate surface area is 167 Å². The Morgan fingerprint density at radius 1 is 1.18 bits per heavy atom. The van der Waals surface area contributed by atoms with E-state index < -0.39 is 5.60 Å². The summed E-state index contributed by atoms with van der Waals surface area (Å²) in [6.45, 7) is 5.60. The average Bonchev–Trinajstić information content (AvgIpc) is 2.69. The Morgan fingerprint density at radius 2 is 1.89 bits per heavy atom. The predicted molar refractivity (Wildman–Crippen MR) is 108 cm³/mol. The van der Waals surface area contributed by atoms with Crippen molar-refractivity contribution in [1.82, 2.24) is 15.2 Å². The van der Waals surface area contributed by atoms with Crippen LogP contribution in [0.5, 0.6) is 0 Å². The molecule has 1 amide bonds. The molecule has 1 aliphatic heterocycles. The first-order chi connectivity index (χ1) is 13.5. The van der Waals surface area contributed by atoms with Crippen LogP contribution in [0.3, 0.4) is 0 Å². The van der Waals surface area contributed by atoms with Crippen LogP contribution in [0.25, 0.3) is 0 Å². The van der Waals surface area contributed by atoms with Gasteiger partial charge in [0.15, 0.2) is 0 Å². The molecule has 3 atom stereocenters. The number of hydrogen-bond acceptors (Lipinski definition) is 5. The van der Waals surface area contributed by atoms with Gasteiger partial charge in [0.2, 0.25) is 5.91 Å². The molecule has 0 radical (unpaired) electrons. The van der Waals surface area contributed by atoms with E-state index in [9.17, 15) is 9.90 Å². The van der Waals surface area contributed by atoms with E-state index in [1.54, 1.807) is 0 Å². The largest absolute Gasteiger partial charge is 0.390 e. The highest BCUT2D eigenvalue weighted by atomic mass is 16.3. The van der Waals surface area contributed by atoms with Gasteiger partial charge in [0, 0.05) is 38.4 Å². The fourth-order valence-electron chi connectivity index (χ4n) is 6.55. The molecule has 152 valence electrons. The Kier molecular flexibility index (Phi) is 4.59. The van der Waals surface area contributed by atoms with Crippen molar-refractivity contribution in [2.75, 3.05) is 31.1 Å². The number of carbonyl (C=O) groups is 1. The molecule has 6 nitrogen and oxygen atoms in total. The highest BCUT2D eigenvalue weighted by Gasteiger charge is 2.55. The number of nitrogens with zero attached hydrogens (tertiary/aromatic N) is 3. The van der Waals surface area contributed by atoms with Gasteiger partial charge in [0.25, 0.3) is 0 Å². The van der Waals surface area contributed by atoms with E-state index >= 15 is 0 Å². The van der Waals surface area contributed by atoms with Crippen LogP contribution in [-0.4, -0.2) is 64.8 Å². The van der Waals surface area contributed by atoms with Gasteiger partial charge in [0.05, 0.1) is 11.6 Å². The van der Waals surface area contributed by atoms with Crippen LogP contribution in [0.1, 0.15) is 39.0 Å². The third kappa shape index (κ3) is 3.30. The van der Waals surface area contributed by atoms with Crippen molar-refractivity contribution in [3.63, 3.8) is 0 Å². The van der Waals surface area contributed by atoms with E-state index in [2.05, 4.69) is 20.1 Å². The van der Waals surface area contributed by atoms with Crippen LogP contribution < -0.4 is 10.2 Å². The molecular formula is C22H32N4O2. The van der Waals surface area contributed by atoms with Gasteiger partial charge in [-0.1, -0.05) is 6.07 Å². The number of aliphatic hydroxyl groups is 1. The molecule has 2 N–H and O–H groups in total. The number of rotatable bonds is 4. The standard InChI is InChI=1S/C22H32N4O2/c1-15(25-6-8-26(9-7-25)19-4-2-3-5-23-19)21(27)24-20-17-10-16-11-18(20)14-22(28,12-16)13-17/h2-5,15-18,20,28H,6-14H2,1H3,(H,24,27). The third-order valence-corrected chi connectivity index (χ3v) is 7.76. The minimum Gasteiger partial charge on any atom is -0.390 e. The molecule has 3 unspecified atom stereocenters. The number of amides is 1. The number of aromatic nitrogens is 1. The number of pyridine rings is 1. The molecule has 5 fully saturated rings. The van der Waals surface area contributed by atoms with E-state index in [4.69, 9.17) is 0 Å². The molecule has 0 spiro atoms. The first-order valence-corrected chi connectivity index (χ1v) is 10.9. The van der Waals surface area contributed by atoms with E-state index in [1.165, 1.54) is 12.8 Å². The van der Waals surface area contributed by atoms with E-state index in [0.717, 1.165) is 51.3 Å². The second-order valence-corrected chi connectivity index (χ2v) is 9.62. The zero-order valence-corrected chi connectivity index (χ0v) is 16.8. The van der Waals surface area contributed by atoms with Gasteiger partial charge in [-0.25, -0.2) is 4.98 Å². The van der Waals surface area contributed by atoms with E-state index in [0.29, 0.717) is 17.8 Å². The Bertz CT molecular complexity index is 703. The quantitative estimate of drug-likeness (QED) is 0.826. The minimum absolute atomic E-state index is 0.105. The molecule has 1 aromatic heterocycles. The van der Waals surface area contributed by atoms with Crippen molar-refractivity contribution in [3.05, 3.63) is 24.4 Å². The summed E-state index contributed by atoms with van der Waals surface area (Å²) in [5, 5.41) is 14.2. The fraction of sp³-hybridized carbons (Fsp3) is 0.727. The summed E-state index contributed by atoms with van der Waals surface area (Å²) in [7, 11) is 0. The second kappa shape index (κ2) is 6.99. The maximum Gasteiger partial charge on any atom is 0.237 e. The summed E-state index contributed by atoms with van der Waals surface area (Å²) >= 11 is 0. The smallest absolute Gasteiger partial charge is 0.237 e. The van der Waals surface area contributed by atoms with Crippen molar-refractivity contribution in [1.29, 1.82) is 0 Å². The number of hydrogen-bond donors (Lipinski definition) is 2. The fourth-order valence-corrected chi connectivity index (χ4v) is 6.55. The number of carbonyl (C=O) groups excluding carboxylic acids is 1. The van der Waals surface area contributed by atoms with Crippen LogP contribution >= 0.6 is 0 Å². The minimum atomic E-state index is -0.439. The van der Waals surface area contributed by atoms with E-state index in [-0.39, 0.29) is 18.0 Å². The van der Waals surface area contributed by atoms with Gasteiger partial charge in [-0.2, -0.15) is 0 Å². The summed E-state index contributed by atoms with van der Waals surface area (Å²) < 4.78 is 0. The molecule has 6 heteroatoms. The second-order valence-electron chi connectivity index (χ2n) is 9.62. The number of piperazine rings is 1. The first-order valence-electron chi connectivity index (χ1n) is 10.9. The number of anilines is 1. The maximum absolute atomic E-state index is 13.0. The molecule has 5 aliphatic rings. The van der Waals surface area contributed by atoms with Crippen LogP contribution in [-0.2, 0) is 4.79 Å². The first kappa shape index (κ1) is 18.4. The van der Waals surface area contributed by atoms with Crippen molar-refractivity contribution < 1.29 is 9.90 Å². The zero-order valence-electron chi connectivity index (χ0n) is 16.8. The van der Waals surface area contributed by atoms with Gasteiger partial charge in [-0.05, 0) is 68.9 Å². The molecule has 6 rings (SSSR count). The Hall–Kier alpha value is -1.66.